The molecule has 0 saturated heterocycles. The maximum absolute atomic E-state index is 13.6. The van der Waals surface area contributed by atoms with E-state index in [9.17, 15) is 8.78 Å². The van der Waals surface area contributed by atoms with Crippen LogP contribution in [0.1, 0.15) is 37.0 Å². The van der Waals surface area contributed by atoms with Crippen LogP contribution in [0, 0.1) is 11.6 Å². The zero-order valence-electron chi connectivity index (χ0n) is 11.2. The molecule has 0 aliphatic heterocycles. The molecular weight excluding hydrogens is 268 g/mol. The molecule has 0 aliphatic carbocycles. The lowest BCUT2D eigenvalue weighted by molar-refractivity contribution is 0.258. The summed E-state index contributed by atoms with van der Waals surface area (Å²) in [4.78, 5) is 4.05. The average Bonchev–Trinajstić information content (AvgIpc) is 2.86. The number of nitrogens with two attached hydrogens (primary N) is 1. The minimum absolute atomic E-state index is 0.0523. The first kappa shape index (κ1) is 14.4. The van der Waals surface area contributed by atoms with Crippen LogP contribution in [0.3, 0.4) is 0 Å². The first-order chi connectivity index (χ1) is 9.51. The highest BCUT2D eigenvalue weighted by molar-refractivity contribution is 5.31. The van der Waals surface area contributed by atoms with Gasteiger partial charge in [-0.25, -0.2) is 8.78 Å². The molecule has 1 aromatic heterocycles. The van der Waals surface area contributed by atoms with Crippen LogP contribution < -0.4 is 10.5 Å². The number of halogens is 2. The van der Waals surface area contributed by atoms with Crippen molar-refractivity contribution in [3.8, 4) is 5.75 Å². The van der Waals surface area contributed by atoms with E-state index in [0.717, 1.165) is 12.1 Å². The molecule has 5 nitrogen and oxygen atoms in total. The Morgan fingerprint density at radius 2 is 1.95 bits per heavy atom. The van der Waals surface area contributed by atoms with Crippen LogP contribution in [0.2, 0.25) is 0 Å². The van der Waals surface area contributed by atoms with E-state index in [1.807, 2.05) is 13.8 Å². The fourth-order valence-electron chi connectivity index (χ4n) is 1.57. The molecule has 2 aromatic rings. The van der Waals surface area contributed by atoms with Crippen LogP contribution in [-0.2, 0) is 13.2 Å². The van der Waals surface area contributed by atoms with Crippen LogP contribution in [0.5, 0.6) is 5.75 Å². The fourth-order valence-corrected chi connectivity index (χ4v) is 1.57. The fraction of sp³-hybridized carbons (Fsp3) is 0.385. The number of ether oxygens (including phenoxy) is 1. The summed E-state index contributed by atoms with van der Waals surface area (Å²) in [5.74, 6) is -1.33. The monoisotopic (exact) mass is 283 g/mol. The topological polar surface area (TPSA) is 74.2 Å². The molecular formula is C13H15F2N3O2. The van der Waals surface area contributed by atoms with Gasteiger partial charge < -0.3 is 15.0 Å². The van der Waals surface area contributed by atoms with E-state index in [1.54, 1.807) is 0 Å². The SMILES string of the molecule is CC(C)c1nc(COc2c(F)cc(CN)cc2F)no1. The molecule has 2 rings (SSSR count). The molecule has 0 unspecified atom stereocenters. The Hall–Kier alpha value is -2.02. The highest BCUT2D eigenvalue weighted by atomic mass is 19.1. The lowest BCUT2D eigenvalue weighted by Gasteiger charge is -2.07. The van der Waals surface area contributed by atoms with Gasteiger partial charge in [0.05, 0.1) is 0 Å². The third-order valence-corrected chi connectivity index (χ3v) is 2.62. The molecule has 108 valence electrons. The van der Waals surface area contributed by atoms with Gasteiger partial charge in [-0.2, -0.15) is 4.98 Å². The number of aromatic nitrogens is 2. The molecule has 0 spiro atoms. The number of benzene rings is 1. The number of nitrogens with zero attached hydrogens (tertiary/aromatic N) is 2. The van der Waals surface area contributed by atoms with Crippen molar-refractivity contribution in [2.45, 2.75) is 32.9 Å². The van der Waals surface area contributed by atoms with Crippen LogP contribution in [0.15, 0.2) is 16.7 Å². The highest BCUT2D eigenvalue weighted by Crippen LogP contribution is 2.24. The molecule has 1 heterocycles. The van der Waals surface area contributed by atoms with Crippen molar-refractivity contribution < 1.29 is 18.0 Å². The Kier molecular flexibility index (Phi) is 4.29. The average molecular weight is 283 g/mol. The first-order valence-corrected chi connectivity index (χ1v) is 6.14. The summed E-state index contributed by atoms with van der Waals surface area (Å²) in [6.07, 6.45) is 0. The summed E-state index contributed by atoms with van der Waals surface area (Å²) >= 11 is 0. The van der Waals surface area contributed by atoms with E-state index in [2.05, 4.69) is 10.1 Å². The molecule has 0 radical (unpaired) electrons. The van der Waals surface area contributed by atoms with E-state index >= 15 is 0 Å². The van der Waals surface area contributed by atoms with E-state index in [0.29, 0.717) is 11.5 Å². The maximum Gasteiger partial charge on any atom is 0.229 e. The van der Waals surface area contributed by atoms with Gasteiger partial charge in [0.25, 0.3) is 0 Å². The van der Waals surface area contributed by atoms with Crippen molar-refractivity contribution in [3.63, 3.8) is 0 Å². The van der Waals surface area contributed by atoms with Crippen LogP contribution in [-0.4, -0.2) is 10.1 Å². The summed E-state index contributed by atoms with van der Waals surface area (Å²) in [5.41, 5.74) is 5.68. The normalized spacial score (nSPS) is 11.1. The largest absolute Gasteiger partial charge is 0.479 e. The zero-order chi connectivity index (χ0) is 14.7. The molecule has 2 N–H and O–H groups in total. The lowest BCUT2D eigenvalue weighted by Crippen LogP contribution is -2.04. The molecule has 0 saturated carbocycles. The zero-order valence-corrected chi connectivity index (χ0v) is 11.2. The van der Waals surface area contributed by atoms with E-state index in [4.69, 9.17) is 15.0 Å². The lowest BCUT2D eigenvalue weighted by atomic mass is 10.2. The molecule has 0 fully saturated rings. The minimum atomic E-state index is -0.807. The van der Waals surface area contributed by atoms with Gasteiger partial charge in [-0.05, 0) is 17.7 Å². The summed E-state index contributed by atoms with van der Waals surface area (Å²) in [7, 11) is 0. The van der Waals surface area contributed by atoms with Crippen molar-refractivity contribution in [3.05, 3.63) is 41.0 Å². The van der Waals surface area contributed by atoms with Crippen molar-refractivity contribution in [1.29, 1.82) is 0 Å². The van der Waals surface area contributed by atoms with Gasteiger partial charge >= 0.3 is 0 Å². The predicted octanol–water partition coefficient (Wildman–Crippen LogP) is 2.51. The second-order valence-corrected chi connectivity index (χ2v) is 4.58. The summed E-state index contributed by atoms with van der Waals surface area (Å²) < 4.78 is 37.3. The molecule has 20 heavy (non-hydrogen) atoms. The molecule has 0 aliphatic rings. The Labute approximate surface area is 114 Å². The number of rotatable bonds is 5. The van der Waals surface area contributed by atoms with Gasteiger partial charge in [-0.15, -0.1) is 0 Å². The van der Waals surface area contributed by atoms with Gasteiger partial charge in [0.15, 0.2) is 24.0 Å². The Morgan fingerprint density at radius 1 is 1.30 bits per heavy atom. The van der Waals surface area contributed by atoms with Crippen LogP contribution in [0.25, 0.3) is 0 Å². The number of hydrogen-bond donors (Lipinski definition) is 1. The van der Waals surface area contributed by atoms with Crippen molar-refractivity contribution >= 4 is 0 Å². The van der Waals surface area contributed by atoms with Gasteiger partial charge in [0.2, 0.25) is 11.7 Å². The summed E-state index contributed by atoms with van der Waals surface area (Å²) in [5, 5.41) is 3.67. The molecule has 0 bridgehead atoms. The maximum atomic E-state index is 13.6. The van der Waals surface area contributed by atoms with E-state index in [-0.39, 0.29) is 24.9 Å². The van der Waals surface area contributed by atoms with Crippen LogP contribution in [0.4, 0.5) is 8.78 Å². The Morgan fingerprint density at radius 3 is 2.45 bits per heavy atom. The summed E-state index contributed by atoms with van der Waals surface area (Å²) in [6, 6.07) is 2.27. The van der Waals surface area contributed by atoms with E-state index in [1.165, 1.54) is 0 Å². The first-order valence-electron chi connectivity index (χ1n) is 6.14. The van der Waals surface area contributed by atoms with Gasteiger partial charge in [0.1, 0.15) is 0 Å². The second-order valence-electron chi connectivity index (χ2n) is 4.58. The van der Waals surface area contributed by atoms with Crippen molar-refractivity contribution in [2.24, 2.45) is 5.73 Å². The van der Waals surface area contributed by atoms with Crippen LogP contribution >= 0.6 is 0 Å². The van der Waals surface area contributed by atoms with Crippen molar-refractivity contribution in [1.82, 2.24) is 10.1 Å². The molecule has 7 heteroatoms. The second kappa shape index (κ2) is 5.96. The van der Waals surface area contributed by atoms with Gasteiger partial charge in [-0.3, -0.25) is 0 Å². The Balaban J connectivity index is 2.10. The third kappa shape index (κ3) is 3.11. The van der Waals surface area contributed by atoms with Gasteiger partial charge in [-0.1, -0.05) is 19.0 Å². The Bertz CT molecular complexity index is 576. The minimum Gasteiger partial charge on any atom is -0.479 e. The highest BCUT2D eigenvalue weighted by Gasteiger charge is 2.15. The predicted molar refractivity (Wildman–Crippen MR) is 67.0 cm³/mol. The number of hydrogen-bond acceptors (Lipinski definition) is 5. The molecule has 0 atom stereocenters. The molecule has 1 aromatic carbocycles. The standard InChI is InChI=1S/C13H15F2N3O2/c1-7(2)13-17-11(18-20-13)6-19-12-9(14)3-8(5-16)4-10(12)15/h3-4,7H,5-6,16H2,1-2H3. The summed E-state index contributed by atoms with van der Waals surface area (Å²) in [6.45, 7) is 3.66. The van der Waals surface area contributed by atoms with E-state index < -0.39 is 17.4 Å². The van der Waals surface area contributed by atoms with Gasteiger partial charge in [0, 0.05) is 12.5 Å². The molecule has 0 amide bonds. The smallest absolute Gasteiger partial charge is 0.229 e. The van der Waals surface area contributed by atoms with Crippen molar-refractivity contribution in [2.75, 3.05) is 0 Å². The quantitative estimate of drug-likeness (QED) is 0.912. The third-order valence-electron chi connectivity index (χ3n) is 2.62.